The highest BCUT2D eigenvalue weighted by Gasteiger charge is 2.28. The molecule has 0 spiro atoms. The van der Waals surface area contributed by atoms with E-state index in [9.17, 15) is 14.0 Å². The number of halogens is 2. The second-order valence-electron chi connectivity index (χ2n) is 5.55. The Kier molecular flexibility index (Phi) is 4.16. The van der Waals surface area contributed by atoms with Gasteiger partial charge in [0.2, 0.25) is 5.91 Å². The van der Waals surface area contributed by atoms with Crippen molar-refractivity contribution >= 4 is 17.5 Å². The molecule has 0 aliphatic heterocycles. The van der Waals surface area contributed by atoms with Crippen LogP contribution in [0.4, 0.5) is 4.39 Å². The van der Waals surface area contributed by atoms with Crippen molar-refractivity contribution in [2.24, 2.45) is 0 Å². The van der Waals surface area contributed by atoms with Gasteiger partial charge in [0, 0.05) is 10.6 Å². The third kappa shape index (κ3) is 3.42. The fourth-order valence-electron chi connectivity index (χ4n) is 2.29. The zero-order valence-electron chi connectivity index (χ0n) is 12.4. The Morgan fingerprint density at radius 3 is 2.87 bits per heavy atom. The second-order valence-corrected chi connectivity index (χ2v) is 5.99. The number of nitrogens with one attached hydrogen (secondary N) is 1. The highest BCUT2D eigenvalue weighted by molar-refractivity contribution is 6.30. The lowest BCUT2D eigenvalue weighted by atomic mass is 10.1. The largest absolute Gasteiger partial charge is 0.364 e. The fourth-order valence-corrected chi connectivity index (χ4v) is 2.45. The van der Waals surface area contributed by atoms with Crippen molar-refractivity contribution in [2.75, 3.05) is 0 Å². The zero-order valence-corrected chi connectivity index (χ0v) is 13.1. The molecule has 0 radical (unpaired) electrons. The van der Waals surface area contributed by atoms with Crippen LogP contribution < -0.4 is 11.0 Å². The summed E-state index contributed by atoms with van der Waals surface area (Å²) in [6, 6.07) is 3.79. The molecule has 1 N–H and O–H groups in total. The van der Waals surface area contributed by atoms with Crippen LogP contribution in [0.3, 0.4) is 0 Å². The van der Waals surface area contributed by atoms with E-state index in [1.165, 1.54) is 16.8 Å². The van der Waals surface area contributed by atoms with Gasteiger partial charge in [0.1, 0.15) is 12.4 Å². The van der Waals surface area contributed by atoms with Crippen molar-refractivity contribution in [1.29, 1.82) is 0 Å². The average molecular weight is 340 g/mol. The highest BCUT2D eigenvalue weighted by Crippen LogP contribution is 2.32. The Bertz CT molecular complexity index is 799. The van der Waals surface area contributed by atoms with E-state index in [-0.39, 0.29) is 17.6 Å². The molecular formula is C14H15ClFN5O2. The van der Waals surface area contributed by atoms with Crippen LogP contribution in [-0.4, -0.2) is 25.7 Å². The normalized spacial score (nSPS) is 15.4. The van der Waals surface area contributed by atoms with Gasteiger partial charge in [0.15, 0.2) is 0 Å². The van der Waals surface area contributed by atoms with Crippen LogP contribution in [0.5, 0.6) is 0 Å². The molecule has 2 aromatic rings. The van der Waals surface area contributed by atoms with E-state index in [2.05, 4.69) is 15.7 Å². The predicted octanol–water partition coefficient (Wildman–Crippen LogP) is 1.44. The highest BCUT2D eigenvalue weighted by atomic mass is 35.5. The van der Waals surface area contributed by atoms with E-state index in [1.54, 1.807) is 13.0 Å². The Morgan fingerprint density at radius 2 is 2.22 bits per heavy atom. The molecule has 1 fully saturated rings. The summed E-state index contributed by atoms with van der Waals surface area (Å²) in [5.41, 5.74) is -0.0929. The minimum atomic E-state index is -0.561. The quantitative estimate of drug-likeness (QED) is 0.893. The third-order valence-corrected chi connectivity index (χ3v) is 3.89. The van der Waals surface area contributed by atoms with Crippen molar-refractivity contribution in [3.8, 4) is 0 Å². The number of carbonyl (C=O) groups excluding carboxylic acids is 1. The molecule has 0 bridgehead atoms. The number of aromatic nitrogens is 4. The molecule has 9 heteroatoms. The minimum Gasteiger partial charge on any atom is -0.348 e. The number of rotatable bonds is 5. The monoisotopic (exact) mass is 339 g/mol. The SMILES string of the molecule is C[C@H](NC(=O)Cn1nnn(C2CC2)c1=O)c1ccc(Cl)cc1F. The standard InChI is InChI=1S/C14H15ClFN5O2/c1-8(11-5-2-9(15)6-12(11)16)17-13(22)7-20-14(23)21(19-18-20)10-3-4-10/h2,5-6,8,10H,3-4,7H2,1H3,(H,17,22)/t8-/m0/s1. The summed E-state index contributed by atoms with van der Waals surface area (Å²) < 4.78 is 16.1. The summed E-state index contributed by atoms with van der Waals surface area (Å²) in [5.74, 6) is -0.945. The van der Waals surface area contributed by atoms with Crippen LogP contribution in [-0.2, 0) is 11.3 Å². The van der Waals surface area contributed by atoms with Crippen LogP contribution in [0, 0.1) is 5.82 Å². The zero-order chi connectivity index (χ0) is 16.6. The summed E-state index contributed by atoms with van der Waals surface area (Å²) in [4.78, 5) is 24.0. The van der Waals surface area contributed by atoms with Crippen molar-refractivity contribution in [2.45, 2.75) is 38.4 Å². The molecular weight excluding hydrogens is 325 g/mol. The summed E-state index contributed by atoms with van der Waals surface area (Å²) in [6.07, 6.45) is 1.80. The number of tetrazole rings is 1. The van der Waals surface area contributed by atoms with Gasteiger partial charge >= 0.3 is 5.69 Å². The minimum absolute atomic E-state index is 0.0985. The lowest BCUT2D eigenvalue weighted by molar-refractivity contribution is -0.122. The first-order valence-corrected chi connectivity index (χ1v) is 7.60. The van der Waals surface area contributed by atoms with Crippen molar-refractivity contribution in [1.82, 2.24) is 25.1 Å². The van der Waals surface area contributed by atoms with Gasteiger partial charge in [-0.25, -0.2) is 9.18 Å². The molecule has 122 valence electrons. The first kappa shape index (κ1) is 15.7. The average Bonchev–Trinajstić information content (AvgIpc) is 3.25. The van der Waals surface area contributed by atoms with E-state index >= 15 is 0 Å². The molecule has 1 aromatic carbocycles. The lowest BCUT2D eigenvalue weighted by Crippen LogP contribution is -2.35. The van der Waals surface area contributed by atoms with Crippen LogP contribution in [0.1, 0.15) is 37.4 Å². The summed E-state index contributed by atoms with van der Waals surface area (Å²) in [7, 11) is 0. The maximum atomic E-state index is 13.8. The van der Waals surface area contributed by atoms with E-state index < -0.39 is 23.5 Å². The van der Waals surface area contributed by atoms with E-state index in [0.717, 1.165) is 17.5 Å². The molecule has 1 atom stereocenters. The van der Waals surface area contributed by atoms with Gasteiger partial charge in [-0.1, -0.05) is 17.7 Å². The van der Waals surface area contributed by atoms with Crippen molar-refractivity contribution < 1.29 is 9.18 Å². The number of amides is 1. The molecule has 0 unspecified atom stereocenters. The Labute approximate surface area is 136 Å². The van der Waals surface area contributed by atoms with E-state index in [4.69, 9.17) is 11.6 Å². The van der Waals surface area contributed by atoms with Gasteiger partial charge in [-0.2, -0.15) is 9.36 Å². The molecule has 0 saturated heterocycles. The number of nitrogens with zero attached hydrogens (tertiary/aromatic N) is 4. The topological polar surface area (TPSA) is 81.8 Å². The molecule has 1 aromatic heterocycles. The van der Waals surface area contributed by atoms with Crippen LogP contribution in [0.25, 0.3) is 0 Å². The fraction of sp³-hybridized carbons (Fsp3) is 0.429. The molecule has 1 saturated carbocycles. The molecule has 3 rings (SSSR count). The Morgan fingerprint density at radius 1 is 1.48 bits per heavy atom. The second kappa shape index (κ2) is 6.11. The smallest absolute Gasteiger partial charge is 0.348 e. The number of hydrogen-bond acceptors (Lipinski definition) is 4. The number of benzene rings is 1. The molecule has 7 nitrogen and oxygen atoms in total. The van der Waals surface area contributed by atoms with E-state index in [1.807, 2.05) is 0 Å². The van der Waals surface area contributed by atoms with Crippen molar-refractivity contribution in [3.05, 3.63) is 45.1 Å². The van der Waals surface area contributed by atoms with Gasteiger partial charge in [-0.3, -0.25) is 4.79 Å². The first-order valence-electron chi connectivity index (χ1n) is 7.22. The summed E-state index contributed by atoms with van der Waals surface area (Å²) in [6.45, 7) is 1.39. The number of hydrogen-bond donors (Lipinski definition) is 1. The van der Waals surface area contributed by atoms with Crippen LogP contribution in [0.15, 0.2) is 23.0 Å². The summed E-state index contributed by atoms with van der Waals surface area (Å²) in [5, 5.41) is 10.4. The van der Waals surface area contributed by atoms with Gasteiger partial charge in [0.25, 0.3) is 0 Å². The molecule has 23 heavy (non-hydrogen) atoms. The van der Waals surface area contributed by atoms with Gasteiger partial charge in [-0.15, -0.1) is 0 Å². The Balaban J connectivity index is 1.66. The maximum Gasteiger partial charge on any atom is 0.364 e. The molecule has 1 aliphatic carbocycles. The molecule has 1 heterocycles. The van der Waals surface area contributed by atoms with Crippen LogP contribution >= 0.6 is 11.6 Å². The molecule has 1 amide bonds. The summed E-state index contributed by atoms with van der Waals surface area (Å²) >= 11 is 5.70. The van der Waals surface area contributed by atoms with Gasteiger partial charge < -0.3 is 5.32 Å². The molecule has 1 aliphatic rings. The maximum absolute atomic E-state index is 13.8. The Hall–Kier alpha value is -2.22. The first-order chi connectivity index (χ1) is 11.0. The van der Waals surface area contributed by atoms with Gasteiger partial charge in [0.05, 0.1) is 12.1 Å². The van der Waals surface area contributed by atoms with Crippen LogP contribution in [0.2, 0.25) is 5.02 Å². The number of carbonyl (C=O) groups is 1. The lowest BCUT2D eigenvalue weighted by Gasteiger charge is -2.15. The third-order valence-electron chi connectivity index (χ3n) is 3.65. The predicted molar refractivity (Wildman–Crippen MR) is 80.5 cm³/mol. The van der Waals surface area contributed by atoms with Crippen molar-refractivity contribution in [3.63, 3.8) is 0 Å². The van der Waals surface area contributed by atoms with E-state index in [0.29, 0.717) is 5.56 Å². The van der Waals surface area contributed by atoms with Gasteiger partial charge in [-0.05, 0) is 42.3 Å².